The van der Waals surface area contributed by atoms with Crippen LogP contribution in [0.15, 0.2) is 72.1 Å². The van der Waals surface area contributed by atoms with E-state index < -0.39 is 0 Å². The second-order valence-corrected chi connectivity index (χ2v) is 6.97. The van der Waals surface area contributed by atoms with E-state index in [0.29, 0.717) is 5.56 Å². The number of thiophene rings is 1. The Balaban J connectivity index is 1.59. The quantitative estimate of drug-likeness (QED) is 0.541. The molecule has 2 aromatic carbocycles. The molecule has 1 N–H and O–H groups in total. The first kappa shape index (κ1) is 16.5. The molecule has 0 aliphatic rings. The van der Waals surface area contributed by atoms with Gasteiger partial charge in [0.15, 0.2) is 0 Å². The van der Waals surface area contributed by atoms with Crippen LogP contribution in [0.3, 0.4) is 0 Å². The molecule has 0 saturated heterocycles. The zero-order valence-electron chi connectivity index (χ0n) is 14.0. The predicted molar refractivity (Wildman–Crippen MR) is 103 cm³/mol. The smallest absolute Gasteiger partial charge is 0.240 e. The van der Waals surface area contributed by atoms with Gasteiger partial charge in [-0.15, -0.1) is 11.3 Å². The molecule has 0 spiro atoms. The Morgan fingerprint density at radius 2 is 1.85 bits per heavy atom. The molecule has 0 saturated carbocycles. The van der Waals surface area contributed by atoms with Gasteiger partial charge in [-0.05, 0) is 29.6 Å². The van der Waals surface area contributed by atoms with Crippen molar-refractivity contribution in [2.75, 3.05) is 0 Å². The zero-order chi connectivity index (χ0) is 17.9. The van der Waals surface area contributed by atoms with Crippen LogP contribution in [0.2, 0.25) is 0 Å². The number of carbonyl (C=O) groups excluding carboxylic acids is 1. The van der Waals surface area contributed by atoms with Crippen molar-refractivity contribution in [1.82, 2.24) is 9.88 Å². The molecule has 2 aromatic heterocycles. The van der Waals surface area contributed by atoms with Crippen LogP contribution >= 0.6 is 11.3 Å². The molecule has 130 valence electrons. The summed E-state index contributed by atoms with van der Waals surface area (Å²) in [7, 11) is 0. The Morgan fingerprint density at radius 3 is 2.65 bits per heavy atom. The van der Waals surface area contributed by atoms with Crippen molar-refractivity contribution in [2.45, 2.75) is 13.1 Å². The highest BCUT2D eigenvalue weighted by Crippen LogP contribution is 2.31. The fourth-order valence-electron chi connectivity index (χ4n) is 3.04. The van der Waals surface area contributed by atoms with Gasteiger partial charge in [0.05, 0.1) is 10.6 Å². The third kappa shape index (κ3) is 3.26. The zero-order valence-corrected chi connectivity index (χ0v) is 14.8. The van der Waals surface area contributed by atoms with E-state index >= 15 is 0 Å². The number of fused-ring (bicyclic) bond motifs is 1. The number of benzene rings is 2. The third-order valence-corrected chi connectivity index (χ3v) is 5.21. The summed E-state index contributed by atoms with van der Waals surface area (Å²) in [6.07, 6.45) is 0. The van der Waals surface area contributed by atoms with Crippen LogP contribution in [-0.4, -0.2) is 10.5 Å². The maximum Gasteiger partial charge on any atom is 0.240 e. The van der Waals surface area contributed by atoms with Crippen LogP contribution in [0.4, 0.5) is 4.39 Å². The van der Waals surface area contributed by atoms with Crippen LogP contribution in [0.1, 0.15) is 5.56 Å². The summed E-state index contributed by atoms with van der Waals surface area (Å²) < 4.78 is 15.7. The number of halogens is 1. The number of nitrogens with one attached hydrogen (secondary N) is 1. The molecule has 0 aliphatic heterocycles. The van der Waals surface area contributed by atoms with Gasteiger partial charge in [-0.25, -0.2) is 4.39 Å². The first-order chi connectivity index (χ1) is 12.7. The Kier molecular flexibility index (Phi) is 4.54. The molecule has 0 bridgehead atoms. The summed E-state index contributed by atoms with van der Waals surface area (Å²) in [5.41, 5.74) is 2.51. The fourth-order valence-corrected chi connectivity index (χ4v) is 3.79. The minimum atomic E-state index is -0.307. The van der Waals surface area contributed by atoms with Crippen molar-refractivity contribution in [3.63, 3.8) is 0 Å². The van der Waals surface area contributed by atoms with Gasteiger partial charge in [0, 0.05) is 23.0 Å². The van der Waals surface area contributed by atoms with Crippen LogP contribution in [0.5, 0.6) is 0 Å². The molecular formula is C21H17FN2OS. The Hall–Kier alpha value is -2.92. The van der Waals surface area contributed by atoms with Gasteiger partial charge in [0.25, 0.3) is 0 Å². The minimum Gasteiger partial charge on any atom is -0.350 e. The normalized spacial score (nSPS) is 11.0. The number of aromatic nitrogens is 1. The van der Waals surface area contributed by atoms with Crippen LogP contribution in [0, 0.1) is 5.82 Å². The van der Waals surface area contributed by atoms with Crippen molar-refractivity contribution >= 4 is 28.1 Å². The molecule has 2 heterocycles. The highest BCUT2D eigenvalue weighted by molar-refractivity contribution is 7.13. The van der Waals surface area contributed by atoms with E-state index in [1.807, 2.05) is 46.3 Å². The number of rotatable bonds is 5. The molecule has 0 fully saturated rings. The van der Waals surface area contributed by atoms with Crippen molar-refractivity contribution in [3.8, 4) is 10.6 Å². The summed E-state index contributed by atoms with van der Waals surface area (Å²) >= 11 is 1.64. The summed E-state index contributed by atoms with van der Waals surface area (Å²) in [5.74, 6) is -0.453. The van der Waals surface area contributed by atoms with E-state index in [-0.39, 0.29) is 24.8 Å². The van der Waals surface area contributed by atoms with Crippen LogP contribution in [0.25, 0.3) is 21.5 Å². The lowest BCUT2D eigenvalue weighted by Crippen LogP contribution is -2.27. The lowest BCUT2D eigenvalue weighted by Gasteiger charge is -2.11. The van der Waals surface area contributed by atoms with Gasteiger partial charge < -0.3 is 9.88 Å². The Morgan fingerprint density at radius 1 is 1.04 bits per heavy atom. The molecule has 4 rings (SSSR count). The fraction of sp³-hybridized carbons (Fsp3) is 0.0952. The van der Waals surface area contributed by atoms with Crippen molar-refractivity contribution in [3.05, 3.63) is 83.5 Å². The average molecular weight is 364 g/mol. The number of para-hydroxylation sites is 1. The van der Waals surface area contributed by atoms with E-state index in [1.54, 1.807) is 29.5 Å². The SMILES string of the molecule is O=C(Cn1c(-c2cccs2)cc2ccccc21)NCc1ccccc1F. The second kappa shape index (κ2) is 7.14. The lowest BCUT2D eigenvalue weighted by atomic mass is 10.2. The van der Waals surface area contributed by atoms with E-state index in [4.69, 9.17) is 0 Å². The molecule has 1 amide bonds. The van der Waals surface area contributed by atoms with Crippen LogP contribution in [-0.2, 0) is 17.9 Å². The summed E-state index contributed by atoms with van der Waals surface area (Å²) in [4.78, 5) is 13.6. The van der Waals surface area contributed by atoms with Gasteiger partial charge >= 0.3 is 0 Å². The topological polar surface area (TPSA) is 34.0 Å². The molecule has 4 aromatic rings. The van der Waals surface area contributed by atoms with Crippen molar-refractivity contribution < 1.29 is 9.18 Å². The molecular weight excluding hydrogens is 347 g/mol. The number of carbonyl (C=O) groups is 1. The van der Waals surface area contributed by atoms with Crippen molar-refractivity contribution in [2.24, 2.45) is 0 Å². The van der Waals surface area contributed by atoms with Crippen LogP contribution < -0.4 is 5.32 Å². The molecule has 3 nitrogen and oxygen atoms in total. The molecule has 5 heteroatoms. The average Bonchev–Trinajstić information content (AvgIpc) is 3.29. The Labute approximate surface area is 154 Å². The molecule has 0 aliphatic carbocycles. The summed E-state index contributed by atoms with van der Waals surface area (Å²) in [5, 5.41) is 5.94. The largest absolute Gasteiger partial charge is 0.350 e. The van der Waals surface area contributed by atoms with Gasteiger partial charge in [0.1, 0.15) is 12.4 Å². The monoisotopic (exact) mass is 364 g/mol. The van der Waals surface area contributed by atoms with E-state index in [0.717, 1.165) is 21.5 Å². The maximum absolute atomic E-state index is 13.7. The molecule has 26 heavy (non-hydrogen) atoms. The predicted octanol–water partition coefficient (Wildman–Crippen LogP) is 4.83. The van der Waals surface area contributed by atoms with Crippen molar-refractivity contribution in [1.29, 1.82) is 0 Å². The van der Waals surface area contributed by atoms with Gasteiger partial charge in [0.2, 0.25) is 5.91 Å². The van der Waals surface area contributed by atoms with Gasteiger partial charge in [-0.2, -0.15) is 0 Å². The van der Waals surface area contributed by atoms with E-state index in [2.05, 4.69) is 11.4 Å². The van der Waals surface area contributed by atoms with E-state index in [1.165, 1.54) is 6.07 Å². The van der Waals surface area contributed by atoms with E-state index in [9.17, 15) is 9.18 Å². The number of nitrogens with zero attached hydrogens (tertiary/aromatic N) is 1. The summed E-state index contributed by atoms with van der Waals surface area (Å²) in [6.45, 7) is 0.369. The highest BCUT2D eigenvalue weighted by Gasteiger charge is 2.14. The highest BCUT2D eigenvalue weighted by atomic mass is 32.1. The number of hydrogen-bond donors (Lipinski definition) is 1. The number of amides is 1. The minimum absolute atomic E-state index is 0.146. The Bertz CT molecular complexity index is 1050. The molecule has 0 radical (unpaired) electrons. The van der Waals surface area contributed by atoms with Gasteiger partial charge in [-0.1, -0.05) is 42.5 Å². The first-order valence-electron chi connectivity index (χ1n) is 8.34. The molecule has 0 atom stereocenters. The second-order valence-electron chi connectivity index (χ2n) is 6.02. The number of hydrogen-bond acceptors (Lipinski definition) is 2. The lowest BCUT2D eigenvalue weighted by molar-refractivity contribution is -0.121. The molecule has 0 unspecified atom stereocenters. The summed E-state index contributed by atoms with van der Waals surface area (Å²) in [6, 6.07) is 20.6. The maximum atomic E-state index is 13.7. The standard InChI is InChI=1S/C21H17FN2OS/c22-17-8-3-1-7-16(17)13-23-21(25)14-24-18-9-4-2-6-15(18)12-19(24)20-10-5-11-26-20/h1-12H,13-14H2,(H,23,25). The first-order valence-corrected chi connectivity index (χ1v) is 9.22. The van der Waals surface area contributed by atoms with Gasteiger partial charge in [-0.3, -0.25) is 4.79 Å². The third-order valence-electron chi connectivity index (χ3n) is 4.32.